The molecule has 0 bridgehead atoms. The van der Waals surface area contributed by atoms with E-state index in [9.17, 15) is 4.79 Å². The van der Waals surface area contributed by atoms with E-state index in [-0.39, 0.29) is 12.1 Å². The van der Waals surface area contributed by atoms with Gasteiger partial charge in [-0.15, -0.1) is 10.2 Å². The Morgan fingerprint density at radius 2 is 1.74 bits per heavy atom. The number of urea groups is 1. The van der Waals surface area contributed by atoms with E-state index in [2.05, 4.69) is 50.8 Å². The van der Waals surface area contributed by atoms with Gasteiger partial charge in [0.1, 0.15) is 12.7 Å². The lowest BCUT2D eigenvalue weighted by molar-refractivity contribution is 0.0679. The molecule has 2 aromatic rings. The smallest absolute Gasteiger partial charge is 0.317 e. The highest BCUT2D eigenvalue weighted by atomic mass is 16.5. The van der Waals surface area contributed by atoms with Crippen molar-refractivity contribution in [1.82, 2.24) is 25.0 Å². The van der Waals surface area contributed by atoms with Crippen molar-refractivity contribution in [3.63, 3.8) is 0 Å². The highest BCUT2D eigenvalue weighted by molar-refractivity contribution is 5.74. The third-order valence-corrected chi connectivity index (χ3v) is 4.97. The topological polar surface area (TPSA) is 75.5 Å². The average Bonchev–Trinajstić information content (AvgIpc) is 3.28. The van der Waals surface area contributed by atoms with Gasteiger partial charge in [-0.3, -0.25) is 4.57 Å². The number of aromatic nitrogens is 3. The molecule has 1 unspecified atom stereocenters. The van der Waals surface area contributed by atoms with Crippen molar-refractivity contribution in [2.24, 2.45) is 0 Å². The monoisotopic (exact) mass is 368 g/mol. The summed E-state index contributed by atoms with van der Waals surface area (Å²) in [5, 5.41) is 10.7. The SMILES string of the molecule is O=C(NCC1CC=CCO1)N1CCN(c2ccc(-n3cnnc3)cc2)CC1. The summed E-state index contributed by atoms with van der Waals surface area (Å²) in [5.41, 5.74) is 2.19. The predicted octanol–water partition coefficient (Wildman–Crippen LogP) is 1.44. The first-order valence-corrected chi connectivity index (χ1v) is 9.29. The third-order valence-electron chi connectivity index (χ3n) is 4.97. The first-order valence-electron chi connectivity index (χ1n) is 9.29. The molecule has 2 amide bonds. The number of rotatable bonds is 4. The summed E-state index contributed by atoms with van der Waals surface area (Å²) in [4.78, 5) is 16.5. The van der Waals surface area contributed by atoms with Crippen LogP contribution in [-0.4, -0.2) is 71.1 Å². The van der Waals surface area contributed by atoms with E-state index >= 15 is 0 Å². The zero-order chi connectivity index (χ0) is 18.5. The lowest BCUT2D eigenvalue weighted by atomic mass is 10.2. The summed E-state index contributed by atoms with van der Waals surface area (Å²) in [5.74, 6) is 0. The molecule has 8 nitrogen and oxygen atoms in total. The van der Waals surface area contributed by atoms with Gasteiger partial charge in [-0.05, 0) is 30.7 Å². The number of hydrogen-bond acceptors (Lipinski definition) is 5. The van der Waals surface area contributed by atoms with Crippen molar-refractivity contribution >= 4 is 11.7 Å². The Labute approximate surface area is 158 Å². The summed E-state index contributed by atoms with van der Waals surface area (Å²) >= 11 is 0. The Morgan fingerprint density at radius 3 is 2.41 bits per heavy atom. The zero-order valence-corrected chi connectivity index (χ0v) is 15.2. The van der Waals surface area contributed by atoms with E-state index in [0.717, 1.165) is 30.9 Å². The van der Waals surface area contributed by atoms with Crippen LogP contribution in [0.15, 0.2) is 49.1 Å². The molecule has 1 saturated heterocycles. The number of piperazine rings is 1. The van der Waals surface area contributed by atoms with Crippen molar-refractivity contribution < 1.29 is 9.53 Å². The molecule has 1 N–H and O–H groups in total. The number of benzene rings is 1. The van der Waals surface area contributed by atoms with Crippen LogP contribution in [0.5, 0.6) is 0 Å². The van der Waals surface area contributed by atoms with Crippen LogP contribution in [0.1, 0.15) is 6.42 Å². The van der Waals surface area contributed by atoms with Gasteiger partial charge >= 0.3 is 6.03 Å². The Bertz CT molecular complexity index is 766. The molecule has 3 heterocycles. The van der Waals surface area contributed by atoms with Gasteiger partial charge in [-0.2, -0.15) is 0 Å². The van der Waals surface area contributed by atoms with Crippen molar-refractivity contribution in [2.45, 2.75) is 12.5 Å². The molecule has 142 valence electrons. The second kappa shape index (κ2) is 8.22. The van der Waals surface area contributed by atoms with Crippen molar-refractivity contribution in [2.75, 3.05) is 44.2 Å². The first-order chi connectivity index (χ1) is 13.3. The van der Waals surface area contributed by atoms with E-state index in [4.69, 9.17) is 4.74 Å². The van der Waals surface area contributed by atoms with Gasteiger partial charge in [-0.25, -0.2) is 4.79 Å². The van der Waals surface area contributed by atoms with Crippen LogP contribution in [0.2, 0.25) is 0 Å². The normalized spacial score (nSPS) is 19.9. The number of nitrogens with one attached hydrogen (secondary N) is 1. The van der Waals surface area contributed by atoms with E-state index in [0.29, 0.717) is 26.2 Å². The molecule has 0 saturated carbocycles. The standard InChI is InChI=1S/C19H24N6O2/c26-19(20-13-18-3-1-2-12-27-18)24-10-8-23(9-11-24)16-4-6-17(7-5-16)25-14-21-22-15-25/h1-2,4-7,14-15,18H,3,8-13H2,(H,20,26). The highest BCUT2D eigenvalue weighted by Crippen LogP contribution is 2.19. The number of hydrogen-bond donors (Lipinski definition) is 1. The molecular formula is C19H24N6O2. The van der Waals surface area contributed by atoms with E-state index in [1.807, 2.05) is 15.5 Å². The highest BCUT2D eigenvalue weighted by Gasteiger charge is 2.22. The average molecular weight is 368 g/mol. The summed E-state index contributed by atoms with van der Waals surface area (Å²) in [6.07, 6.45) is 8.43. The van der Waals surface area contributed by atoms with E-state index in [1.54, 1.807) is 12.7 Å². The van der Waals surface area contributed by atoms with Gasteiger partial charge in [0, 0.05) is 44.1 Å². The number of amides is 2. The van der Waals surface area contributed by atoms with Crippen LogP contribution >= 0.6 is 0 Å². The minimum atomic E-state index is -0.00393. The van der Waals surface area contributed by atoms with Crippen LogP contribution in [-0.2, 0) is 4.74 Å². The number of ether oxygens (including phenoxy) is 1. The predicted molar refractivity (Wildman–Crippen MR) is 102 cm³/mol. The molecule has 4 rings (SSSR count). The molecule has 8 heteroatoms. The number of nitrogens with zero attached hydrogens (tertiary/aromatic N) is 5. The van der Waals surface area contributed by atoms with Gasteiger partial charge in [0.15, 0.2) is 0 Å². The van der Waals surface area contributed by atoms with E-state index < -0.39 is 0 Å². The number of carbonyl (C=O) groups is 1. The molecule has 0 aliphatic carbocycles. The van der Waals surface area contributed by atoms with Crippen LogP contribution in [0.4, 0.5) is 10.5 Å². The molecule has 1 atom stereocenters. The van der Waals surface area contributed by atoms with Gasteiger partial charge in [0.25, 0.3) is 0 Å². The van der Waals surface area contributed by atoms with Crippen LogP contribution in [0.3, 0.4) is 0 Å². The second-order valence-electron chi connectivity index (χ2n) is 6.71. The van der Waals surface area contributed by atoms with Crippen molar-refractivity contribution in [1.29, 1.82) is 0 Å². The lowest BCUT2D eigenvalue weighted by Gasteiger charge is -2.36. The largest absolute Gasteiger partial charge is 0.372 e. The Hall–Kier alpha value is -2.87. The Morgan fingerprint density at radius 1 is 1.04 bits per heavy atom. The van der Waals surface area contributed by atoms with Crippen LogP contribution in [0.25, 0.3) is 5.69 Å². The maximum absolute atomic E-state index is 12.4. The summed E-state index contributed by atoms with van der Waals surface area (Å²) < 4.78 is 7.46. The maximum atomic E-state index is 12.4. The van der Waals surface area contributed by atoms with Gasteiger partial charge < -0.3 is 19.9 Å². The number of anilines is 1. The fourth-order valence-electron chi connectivity index (χ4n) is 3.37. The molecule has 0 spiro atoms. The zero-order valence-electron chi connectivity index (χ0n) is 15.2. The molecule has 2 aliphatic rings. The van der Waals surface area contributed by atoms with Gasteiger partial charge in [0.05, 0.1) is 12.7 Å². The molecule has 0 radical (unpaired) electrons. The molecular weight excluding hydrogens is 344 g/mol. The van der Waals surface area contributed by atoms with Gasteiger partial charge in [-0.1, -0.05) is 12.2 Å². The third kappa shape index (κ3) is 4.28. The minimum Gasteiger partial charge on any atom is -0.372 e. The maximum Gasteiger partial charge on any atom is 0.317 e. The van der Waals surface area contributed by atoms with Crippen LogP contribution < -0.4 is 10.2 Å². The van der Waals surface area contributed by atoms with E-state index in [1.165, 1.54) is 0 Å². The Balaban J connectivity index is 1.26. The fourth-order valence-corrected chi connectivity index (χ4v) is 3.37. The van der Waals surface area contributed by atoms with Crippen molar-refractivity contribution in [3.05, 3.63) is 49.1 Å². The number of carbonyl (C=O) groups excluding carboxylic acids is 1. The second-order valence-corrected chi connectivity index (χ2v) is 6.71. The summed E-state index contributed by atoms with van der Waals surface area (Å²) in [7, 11) is 0. The first kappa shape index (κ1) is 17.5. The molecule has 1 aromatic carbocycles. The lowest BCUT2D eigenvalue weighted by Crippen LogP contribution is -2.52. The molecule has 27 heavy (non-hydrogen) atoms. The molecule has 1 aromatic heterocycles. The van der Waals surface area contributed by atoms with Gasteiger partial charge in [0.2, 0.25) is 0 Å². The Kier molecular flexibility index (Phi) is 5.34. The summed E-state index contributed by atoms with van der Waals surface area (Å²) in [6.45, 7) is 4.27. The van der Waals surface area contributed by atoms with Crippen molar-refractivity contribution in [3.8, 4) is 5.69 Å². The van der Waals surface area contributed by atoms with Crippen LogP contribution in [0, 0.1) is 0 Å². The molecule has 2 aliphatic heterocycles. The summed E-state index contributed by atoms with van der Waals surface area (Å²) in [6, 6.07) is 8.29. The minimum absolute atomic E-state index is 0.00393. The fraction of sp³-hybridized carbons (Fsp3) is 0.421. The quantitative estimate of drug-likeness (QED) is 0.827. The molecule has 1 fully saturated rings.